The monoisotopic (exact) mass is 235 g/mol. The van der Waals surface area contributed by atoms with Crippen LogP contribution in [0.2, 0.25) is 0 Å². The van der Waals surface area contributed by atoms with Gasteiger partial charge in [0.25, 0.3) is 0 Å². The van der Waals surface area contributed by atoms with Gasteiger partial charge < -0.3 is 9.73 Å². The predicted molar refractivity (Wildman–Crippen MR) is 70.7 cm³/mol. The summed E-state index contributed by atoms with van der Waals surface area (Å²) in [5, 5.41) is 3.64. The Hall–Kier alpha value is -0.760. The van der Waals surface area contributed by atoms with Crippen LogP contribution in [0.15, 0.2) is 23.0 Å². The molecule has 0 spiro atoms. The predicted octanol–water partition coefficient (Wildman–Crippen LogP) is 3.97. The lowest BCUT2D eigenvalue weighted by atomic mass is 9.71. The summed E-state index contributed by atoms with van der Waals surface area (Å²) in [5.74, 6) is 0.898. The number of hydrogen-bond donors (Lipinski definition) is 1. The molecule has 17 heavy (non-hydrogen) atoms. The largest absolute Gasteiger partial charge is 0.472 e. The van der Waals surface area contributed by atoms with Crippen molar-refractivity contribution in [1.82, 2.24) is 5.32 Å². The second-order valence-electron chi connectivity index (χ2n) is 6.43. The molecule has 1 heterocycles. The van der Waals surface area contributed by atoms with Crippen LogP contribution in [0, 0.1) is 11.3 Å². The molecular weight excluding hydrogens is 210 g/mol. The number of nitrogens with one attached hydrogen (secondary N) is 1. The quantitative estimate of drug-likeness (QED) is 0.857. The molecule has 0 aliphatic heterocycles. The van der Waals surface area contributed by atoms with Crippen molar-refractivity contribution in [1.29, 1.82) is 0 Å². The highest BCUT2D eigenvalue weighted by molar-refractivity contribution is 5.04. The van der Waals surface area contributed by atoms with Crippen molar-refractivity contribution < 1.29 is 4.42 Å². The van der Waals surface area contributed by atoms with Crippen molar-refractivity contribution in [3.8, 4) is 0 Å². The summed E-state index contributed by atoms with van der Waals surface area (Å²) in [7, 11) is 0. The van der Waals surface area contributed by atoms with Gasteiger partial charge in [-0.15, -0.1) is 0 Å². The molecule has 96 valence electrons. The zero-order chi connectivity index (χ0) is 12.3. The molecule has 1 fully saturated rings. The first-order valence-corrected chi connectivity index (χ1v) is 6.80. The molecule has 0 radical (unpaired) electrons. The van der Waals surface area contributed by atoms with Crippen LogP contribution in [0.25, 0.3) is 0 Å². The van der Waals surface area contributed by atoms with Crippen molar-refractivity contribution >= 4 is 0 Å². The normalized spacial score (nSPS) is 26.1. The highest BCUT2D eigenvalue weighted by Crippen LogP contribution is 2.37. The summed E-state index contributed by atoms with van der Waals surface area (Å²) in [5.41, 5.74) is 1.73. The molecule has 2 rings (SSSR count). The first-order valence-electron chi connectivity index (χ1n) is 6.80. The van der Waals surface area contributed by atoms with Gasteiger partial charge in [-0.1, -0.05) is 20.8 Å². The fraction of sp³-hybridized carbons (Fsp3) is 0.733. The first-order chi connectivity index (χ1) is 8.05. The van der Waals surface area contributed by atoms with Gasteiger partial charge >= 0.3 is 0 Å². The lowest BCUT2D eigenvalue weighted by Crippen LogP contribution is -2.35. The minimum atomic E-state index is 0.482. The minimum Gasteiger partial charge on any atom is -0.472 e. The van der Waals surface area contributed by atoms with Gasteiger partial charge in [0, 0.05) is 18.2 Å². The number of furan rings is 1. The first kappa shape index (κ1) is 12.7. The molecule has 0 amide bonds. The molecule has 0 aromatic carbocycles. The van der Waals surface area contributed by atoms with E-state index in [0.29, 0.717) is 11.5 Å². The van der Waals surface area contributed by atoms with Crippen molar-refractivity contribution in [2.45, 2.75) is 59.0 Å². The molecule has 2 heteroatoms. The highest BCUT2D eigenvalue weighted by Gasteiger charge is 2.29. The number of rotatable bonds is 3. The SMILES string of the molecule is CC(C)(C)C1CCC(NCc2ccoc2)CC1. The van der Waals surface area contributed by atoms with E-state index in [1.165, 1.54) is 31.2 Å². The molecule has 0 atom stereocenters. The van der Waals surface area contributed by atoms with Crippen LogP contribution in [0.3, 0.4) is 0 Å². The Balaban J connectivity index is 1.72. The highest BCUT2D eigenvalue weighted by atomic mass is 16.3. The molecule has 0 unspecified atom stereocenters. The van der Waals surface area contributed by atoms with Gasteiger partial charge in [-0.3, -0.25) is 0 Å². The Morgan fingerprint density at radius 2 is 1.94 bits per heavy atom. The summed E-state index contributed by atoms with van der Waals surface area (Å²) in [4.78, 5) is 0. The molecule has 1 N–H and O–H groups in total. The van der Waals surface area contributed by atoms with Crippen molar-refractivity contribution in [3.63, 3.8) is 0 Å². The van der Waals surface area contributed by atoms with E-state index in [1.807, 2.05) is 12.3 Å². The zero-order valence-corrected chi connectivity index (χ0v) is 11.3. The summed E-state index contributed by atoms with van der Waals surface area (Å²) >= 11 is 0. The number of hydrogen-bond acceptors (Lipinski definition) is 2. The smallest absolute Gasteiger partial charge is 0.0947 e. The summed E-state index contributed by atoms with van der Waals surface area (Å²) in [6, 6.07) is 2.73. The topological polar surface area (TPSA) is 25.2 Å². The maximum Gasteiger partial charge on any atom is 0.0947 e. The van der Waals surface area contributed by atoms with Crippen LogP contribution in [-0.2, 0) is 6.54 Å². The third-order valence-corrected chi connectivity index (χ3v) is 4.13. The van der Waals surface area contributed by atoms with Gasteiger partial charge in [-0.25, -0.2) is 0 Å². The van der Waals surface area contributed by atoms with E-state index in [1.54, 1.807) is 6.26 Å². The van der Waals surface area contributed by atoms with E-state index in [4.69, 9.17) is 4.42 Å². The van der Waals surface area contributed by atoms with Gasteiger partial charge in [0.2, 0.25) is 0 Å². The van der Waals surface area contributed by atoms with Gasteiger partial charge in [-0.2, -0.15) is 0 Å². The molecule has 1 saturated carbocycles. The Morgan fingerprint density at radius 1 is 1.24 bits per heavy atom. The summed E-state index contributed by atoms with van der Waals surface area (Å²) < 4.78 is 5.08. The Labute approximate surface area is 105 Å². The van der Waals surface area contributed by atoms with Crippen LogP contribution >= 0.6 is 0 Å². The Bertz CT molecular complexity index is 315. The van der Waals surface area contributed by atoms with E-state index in [0.717, 1.165) is 12.5 Å². The molecule has 2 nitrogen and oxygen atoms in total. The lowest BCUT2D eigenvalue weighted by molar-refractivity contribution is 0.160. The van der Waals surface area contributed by atoms with Crippen LogP contribution in [0.4, 0.5) is 0 Å². The van der Waals surface area contributed by atoms with E-state index in [-0.39, 0.29) is 0 Å². The van der Waals surface area contributed by atoms with Crippen molar-refractivity contribution in [2.75, 3.05) is 0 Å². The van der Waals surface area contributed by atoms with E-state index < -0.39 is 0 Å². The van der Waals surface area contributed by atoms with Gasteiger partial charge in [0.15, 0.2) is 0 Å². The summed E-state index contributed by atoms with van der Waals surface area (Å²) in [6.45, 7) is 8.06. The molecular formula is C15H25NO. The standard InChI is InChI=1S/C15H25NO/c1-15(2,3)13-4-6-14(7-5-13)16-10-12-8-9-17-11-12/h8-9,11,13-14,16H,4-7,10H2,1-3H3. The third kappa shape index (κ3) is 3.60. The molecule has 0 saturated heterocycles. The maximum atomic E-state index is 5.08. The minimum absolute atomic E-state index is 0.482. The van der Waals surface area contributed by atoms with Crippen molar-refractivity contribution in [2.24, 2.45) is 11.3 Å². The molecule has 1 aliphatic carbocycles. The van der Waals surface area contributed by atoms with Crippen LogP contribution in [0.5, 0.6) is 0 Å². The van der Waals surface area contributed by atoms with E-state index >= 15 is 0 Å². The fourth-order valence-corrected chi connectivity index (χ4v) is 2.82. The van der Waals surface area contributed by atoms with Crippen LogP contribution in [0.1, 0.15) is 52.0 Å². The fourth-order valence-electron chi connectivity index (χ4n) is 2.82. The van der Waals surface area contributed by atoms with Gasteiger partial charge in [0.1, 0.15) is 0 Å². The molecule has 1 aromatic rings. The second-order valence-corrected chi connectivity index (χ2v) is 6.43. The van der Waals surface area contributed by atoms with Gasteiger partial charge in [0.05, 0.1) is 12.5 Å². The molecule has 1 aromatic heterocycles. The maximum absolute atomic E-state index is 5.08. The van der Waals surface area contributed by atoms with Crippen LogP contribution in [-0.4, -0.2) is 6.04 Å². The zero-order valence-electron chi connectivity index (χ0n) is 11.3. The average molecular weight is 235 g/mol. The Kier molecular flexibility index (Phi) is 3.93. The summed E-state index contributed by atoms with van der Waals surface area (Å²) in [6.07, 6.45) is 8.94. The van der Waals surface area contributed by atoms with Crippen molar-refractivity contribution in [3.05, 3.63) is 24.2 Å². The van der Waals surface area contributed by atoms with Gasteiger partial charge in [-0.05, 0) is 43.1 Å². The van der Waals surface area contributed by atoms with Crippen LogP contribution < -0.4 is 5.32 Å². The second kappa shape index (κ2) is 5.26. The lowest BCUT2D eigenvalue weighted by Gasteiger charge is -2.37. The third-order valence-electron chi connectivity index (χ3n) is 4.13. The Morgan fingerprint density at radius 3 is 2.47 bits per heavy atom. The van der Waals surface area contributed by atoms with E-state index in [2.05, 4.69) is 26.1 Å². The molecule has 1 aliphatic rings. The molecule has 0 bridgehead atoms. The average Bonchev–Trinajstić information content (AvgIpc) is 2.78. The van der Waals surface area contributed by atoms with E-state index in [9.17, 15) is 0 Å².